The highest BCUT2D eigenvalue weighted by Gasteiger charge is 2.11. The molecule has 4 heteroatoms. The molecule has 3 heterocycles. The van der Waals surface area contributed by atoms with Crippen LogP contribution in [-0.4, -0.2) is 14.5 Å². The largest absolute Gasteiger partial charge is 0.315 e. The summed E-state index contributed by atoms with van der Waals surface area (Å²) in [5, 5.41) is 2.84. The van der Waals surface area contributed by atoms with Crippen LogP contribution >= 0.6 is 0 Å². The fourth-order valence-electron chi connectivity index (χ4n) is 4.02. The van der Waals surface area contributed by atoms with Crippen molar-refractivity contribution in [1.29, 1.82) is 0 Å². The van der Waals surface area contributed by atoms with Crippen molar-refractivity contribution in [2.45, 2.75) is 19.9 Å². The van der Waals surface area contributed by atoms with Crippen molar-refractivity contribution in [1.82, 2.24) is 14.5 Å². The number of rotatable bonds is 4. The van der Waals surface area contributed by atoms with Crippen molar-refractivity contribution in [3.05, 3.63) is 107 Å². The van der Waals surface area contributed by atoms with Gasteiger partial charge in [-0.05, 0) is 59.3 Å². The third kappa shape index (κ3) is 3.26. The summed E-state index contributed by atoms with van der Waals surface area (Å²) in [4.78, 5) is 22.3. The van der Waals surface area contributed by atoms with Gasteiger partial charge in [-0.25, -0.2) is 0 Å². The fourth-order valence-corrected chi connectivity index (χ4v) is 4.02. The van der Waals surface area contributed by atoms with Crippen LogP contribution in [-0.2, 0) is 13.0 Å². The molecule has 0 saturated heterocycles. The number of aromatic nitrogens is 3. The second-order valence-corrected chi connectivity index (χ2v) is 7.51. The molecule has 0 aliphatic carbocycles. The maximum absolute atomic E-state index is 13.4. The Labute approximate surface area is 174 Å². The van der Waals surface area contributed by atoms with E-state index < -0.39 is 0 Å². The summed E-state index contributed by atoms with van der Waals surface area (Å²) in [6, 6.07) is 22.2. The molecule has 146 valence electrons. The van der Waals surface area contributed by atoms with Gasteiger partial charge in [0.1, 0.15) is 0 Å². The summed E-state index contributed by atoms with van der Waals surface area (Å²) in [5.41, 5.74) is 5.14. The van der Waals surface area contributed by atoms with Crippen LogP contribution in [0, 0.1) is 6.92 Å². The Kier molecular flexibility index (Phi) is 4.60. The molecular formula is C26H21N3O. The smallest absolute Gasteiger partial charge is 0.259 e. The van der Waals surface area contributed by atoms with E-state index in [-0.39, 0.29) is 5.56 Å². The number of benzene rings is 2. The second kappa shape index (κ2) is 7.56. The minimum absolute atomic E-state index is 0.0263. The maximum Gasteiger partial charge on any atom is 0.259 e. The molecule has 0 N–H and O–H groups in total. The van der Waals surface area contributed by atoms with Gasteiger partial charge >= 0.3 is 0 Å². The van der Waals surface area contributed by atoms with E-state index in [0.717, 1.165) is 44.1 Å². The summed E-state index contributed by atoms with van der Waals surface area (Å²) >= 11 is 0. The van der Waals surface area contributed by atoms with Crippen molar-refractivity contribution in [3.8, 4) is 11.1 Å². The Morgan fingerprint density at radius 2 is 1.70 bits per heavy atom. The zero-order valence-electron chi connectivity index (χ0n) is 16.7. The standard InChI is InChI=1S/C26H21N3O/c1-18-17-21-5-2-3-8-24(21)28-23(18)12-16-29-15-11-20-6-4-7-22(25(20)26(29)30)19-9-13-27-14-10-19/h2-11,13-15,17H,12,16H2,1H3. The van der Waals surface area contributed by atoms with Crippen LogP contribution in [0.4, 0.5) is 0 Å². The van der Waals surface area contributed by atoms with Gasteiger partial charge in [0.15, 0.2) is 0 Å². The van der Waals surface area contributed by atoms with Crippen LogP contribution in [0.2, 0.25) is 0 Å². The topological polar surface area (TPSA) is 47.8 Å². The van der Waals surface area contributed by atoms with Gasteiger partial charge in [0.2, 0.25) is 0 Å². The molecule has 0 fully saturated rings. The van der Waals surface area contributed by atoms with Gasteiger partial charge in [0, 0.05) is 42.6 Å². The maximum atomic E-state index is 13.4. The number of pyridine rings is 3. The molecule has 5 rings (SSSR count). The van der Waals surface area contributed by atoms with Crippen LogP contribution < -0.4 is 5.56 Å². The number of nitrogens with zero attached hydrogens (tertiary/aromatic N) is 3. The average Bonchev–Trinajstić information content (AvgIpc) is 2.79. The van der Waals surface area contributed by atoms with Gasteiger partial charge in [-0.15, -0.1) is 0 Å². The van der Waals surface area contributed by atoms with Gasteiger partial charge in [-0.3, -0.25) is 14.8 Å². The quantitative estimate of drug-likeness (QED) is 0.425. The number of hydrogen-bond acceptors (Lipinski definition) is 3. The van der Waals surface area contributed by atoms with Crippen LogP contribution in [0.1, 0.15) is 11.3 Å². The lowest BCUT2D eigenvalue weighted by atomic mass is 10.0. The van der Waals surface area contributed by atoms with Crippen LogP contribution in [0.3, 0.4) is 0 Å². The molecule has 0 unspecified atom stereocenters. The number of fused-ring (bicyclic) bond motifs is 2. The third-order valence-corrected chi connectivity index (χ3v) is 5.61. The number of para-hydroxylation sites is 1. The molecule has 30 heavy (non-hydrogen) atoms. The normalized spacial score (nSPS) is 11.2. The second-order valence-electron chi connectivity index (χ2n) is 7.51. The van der Waals surface area contributed by atoms with E-state index in [1.165, 1.54) is 0 Å². The fraction of sp³-hybridized carbons (Fsp3) is 0.115. The molecule has 0 atom stereocenters. The molecule has 0 radical (unpaired) electrons. The predicted molar refractivity (Wildman–Crippen MR) is 122 cm³/mol. The lowest BCUT2D eigenvalue weighted by Crippen LogP contribution is -2.21. The van der Waals surface area contributed by atoms with Crippen molar-refractivity contribution in [3.63, 3.8) is 0 Å². The molecule has 0 saturated carbocycles. The molecule has 4 nitrogen and oxygen atoms in total. The first kappa shape index (κ1) is 18.3. The molecule has 5 aromatic rings. The van der Waals surface area contributed by atoms with E-state index in [4.69, 9.17) is 4.98 Å². The van der Waals surface area contributed by atoms with Crippen LogP contribution in [0.5, 0.6) is 0 Å². The van der Waals surface area contributed by atoms with Gasteiger partial charge in [0.25, 0.3) is 5.56 Å². The summed E-state index contributed by atoms with van der Waals surface area (Å²) < 4.78 is 1.79. The highest BCUT2D eigenvalue weighted by atomic mass is 16.1. The van der Waals surface area contributed by atoms with Crippen LogP contribution in [0.15, 0.2) is 90.1 Å². The summed E-state index contributed by atoms with van der Waals surface area (Å²) in [5.74, 6) is 0. The minimum atomic E-state index is 0.0263. The zero-order chi connectivity index (χ0) is 20.5. The van der Waals surface area contributed by atoms with E-state index in [0.29, 0.717) is 13.0 Å². The lowest BCUT2D eigenvalue weighted by molar-refractivity contribution is 0.665. The number of hydrogen-bond donors (Lipinski definition) is 0. The van der Waals surface area contributed by atoms with Gasteiger partial charge in [0.05, 0.1) is 10.9 Å². The Bertz CT molecular complexity index is 1420. The van der Waals surface area contributed by atoms with Crippen molar-refractivity contribution in [2.24, 2.45) is 0 Å². The van der Waals surface area contributed by atoms with Crippen molar-refractivity contribution >= 4 is 21.7 Å². The molecule has 0 bridgehead atoms. The Morgan fingerprint density at radius 1 is 0.900 bits per heavy atom. The van der Waals surface area contributed by atoms with Gasteiger partial charge < -0.3 is 4.57 Å². The lowest BCUT2D eigenvalue weighted by Gasteiger charge is -2.12. The minimum Gasteiger partial charge on any atom is -0.315 e. The van der Waals surface area contributed by atoms with E-state index in [1.54, 1.807) is 17.0 Å². The van der Waals surface area contributed by atoms with Crippen molar-refractivity contribution in [2.75, 3.05) is 0 Å². The number of aryl methyl sites for hydroxylation is 3. The summed E-state index contributed by atoms with van der Waals surface area (Å²) in [7, 11) is 0. The first-order valence-electron chi connectivity index (χ1n) is 10.1. The molecule has 0 amide bonds. The molecule has 2 aromatic carbocycles. The molecule has 0 spiro atoms. The van der Waals surface area contributed by atoms with E-state index in [2.05, 4.69) is 24.0 Å². The highest BCUT2D eigenvalue weighted by Crippen LogP contribution is 2.25. The first-order chi connectivity index (χ1) is 14.7. The van der Waals surface area contributed by atoms with E-state index in [9.17, 15) is 4.79 Å². The van der Waals surface area contributed by atoms with Gasteiger partial charge in [-0.2, -0.15) is 0 Å². The van der Waals surface area contributed by atoms with E-state index >= 15 is 0 Å². The molecule has 0 aliphatic rings. The Balaban J connectivity index is 1.54. The average molecular weight is 391 g/mol. The summed E-state index contributed by atoms with van der Waals surface area (Å²) in [6.45, 7) is 2.67. The van der Waals surface area contributed by atoms with E-state index in [1.807, 2.05) is 60.8 Å². The molecule has 0 aliphatic heterocycles. The Morgan fingerprint density at radius 3 is 2.57 bits per heavy atom. The van der Waals surface area contributed by atoms with Crippen molar-refractivity contribution < 1.29 is 0 Å². The Hall–Kier alpha value is -3.79. The predicted octanol–water partition coefficient (Wildman–Crippen LogP) is 5.16. The first-order valence-corrected chi connectivity index (χ1v) is 10.1. The van der Waals surface area contributed by atoms with Crippen LogP contribution in [0.25, 0.3) is 32.8 Å². The van der Waals surface area contributed by atoms with Gasteiger partial charge in [-0.1, -0.05) is 36.4 Å². The molecular weight excluding hydrogens is 370 g/mol. The molecule has 3 aromatic heterocycles. The highest BCUT2D eigenvalue weighted by molar-refractivity contribution is 5.95. The SMILES string of the molecule is Cc1cc2ccccc2nc1CCn1ccc2cccc(-c3ccncc3)c2c1=O. The third-order valence-electron chi connectivity index (χ3n) is 5.61. The monoisotopic (exact) mass is 391 g/mol. The zero-order valence-corrected chi connectivity index (χ0v) is 16.7. The summed E-state index contributed by atoms with van der Waals surface area (Å²) in [6.07, 6.45) is 6.10.